The molecule has 7 heteroatoms. The van der Waals surface area contributed by atoms with Gasteiger partial charge in [-0.05, 0) is 57.0 Å². The van der Waals surface area contributed by atoms with Gasteiger partial charge in [0.15, 0.2) is 0 Å². The number of ether oxygens (including phenoxy) is 1. The number of aliphatic hydroxyl groups excluding tert-OH is 1. The van der Waals surface area contributed by atoms with Crippen molar-refractivity contribution in [3.63, 3.8) is 0 Å². The molecule has 1 saturated heterocycles. The molecule has 0 radical (unpaired) electrons. The van der Waals surface area contributed by atoms with Gasteiger partial charge in [0, 0.05) is 50.1 Å². The number of aliphatic imine (C=N–C) groups is 1. The minimum atomic E-state index is -0.510. The Kier molecular flexibility index (Phi) is 9.45. The predicted molar refractivity (Wildman–Crippen MR) is 154 cm³/mol. The molecule has 2 unspecified atom stereocenters. The van der Waals surface area contributed by atoms with E-state index in [4.69, 9.17) is 4.74 Å². The fourth-order valence-corrected chi connectivity index (χ4v) is 6.20. The molecule has 0 aliphatic carbocycles. The molecule has 0 bridgehead atoms. The summed E-state index contributed by atoms with van der Waals surface area (Å²) in [6.07, 6.45) is 11.3. The first kappa shape index (κ1) is 28.5. The fourth-order valence-electron chi connectivity index (χ4n) is 6.20. The molecule has 0 saturated carbocycles. The lowest BCUT2D eigenvalue weighted by Crippen LogP contribution is -2.55. The largest absolute Gasteiger partial charge is 0.493 e. The van der Waals surface area contributed by atoms with Gasteiger partial charge in [-0.1, -0.05) is 37.6 Å². The third-order valence-corrected chi connectivity index (χ3v) is 8.69. The summed E-state index contributed by atoms with van der Waals surface area (Å²) in [4.78, 5) is 24.9. The number of hydrogen-bond acceptors (Lipinski definition) is 6. The maximum Gasteiger partial charge on any atom is 0.237 e. The summed E-state index contributed by atoms with van der Waals surface area (Å²) < 4.78 is 5.75. The molecular weight excluding hydrogens is 476 g/mol. The number of unbranched alkanes of at least 4 members (excludes halogenated alkanes) is 1. The molecule has 1 amide bonds. The number of dihydropyridines is 1. The number of allylic oxidation sites excluding steroid dienone is 1. The molecule has 38 heavy (non-hydrogen) atoms. The van der Waals surface area contributed by atoms with Crippen LogP contribution in [0.25, 0.3) is 0 Å². The summed E-state index contributed by atoms with van der Waals surface area (Å²) in [5, 5.41) is 10.1. The third kappa shape index (κ3) is 6.22. The zero-order valence-electron chi connectivity index (χ0n) is 23.7. The standard InChI is InChI=1S/C31H46N4O3/c1-6-8-16-35(31(4)14-9-15-32-22-31)30(37)21-34-20-27(24-10-11-29-25(19-24)13-18-38-29)26(7-2)28(34)12-17-33(5)23(3)36/h7,9-11,14-15,19,23,26-28,36H,2,6,8,12-13,16-18,20-22H2,1,3-5H3/t23?,26-,27-,28+,31?/m1/s1. The van der Waals surface area contributed by atoms with Crippen LogP contribution in [-0.2, 0) is 11.2 Å². The topological polar surface area (TPSA) is 68.6 Å². The van der Waals surface area contributed by atoms with Crippen molar-refractivity contribution in [3.05, 3.63) is 54.1 Å². The minimum Gasteiger partial charge on any atom is -0.493 e. The van der Waals surface area contributed by atoms with E-state index in [1.165, 1.54) is 11.1 Å². The van der Waals surface area contributed by atoms with E-state index in [1.807, 2.05) is 29.1 Å². The quantitative estimate of drug-likeness (QED) is 0.333. The Morgan fingerprint density at radius 1 is 1.39 bits per heavy atom. The van der Waals surface area contributed by atoms with Crippen LogP contribution in [-0.4, -0.2) is 96.1 Å². The van der Waals surface area contributed by atoms with Crippen molar-refractivity contribution in [1.29, 1.82) is 0 Å². The number of nitrogens with zero attached hydrogens (tertiary/aromatic N) is 4. The fraction of sp³-hybridized carbons (Fsp3) is 0.613. The third-order valence-electron chi connectivity index (χ3n) is 8.69. The first-order chi connectivity index (χ1) is 18.3. The number of carbonyl (C=O) groups excluding carboxylic acids is 1. The van der Waals surface area contributed by atoms with Crippen molar-refractivity contribution in [1.82, 2.24) is 14.7 Å². The maximum absolute atomic E-state index is 14.0. The summed E-state index contributed by atoms with van der Waals surface area (Å²) in [6.45, 7) is 14.3. The lowest BCUT2D eigenvalue weighted by Gasteiger charge is -2.41. The molecule has 4 rings (SSSR count). The lowest BCUT2D eigenvalue weighted by molar-refractivity contribution is -0.137. The smallest absolute Gasteiger partial charge is 0.237 e. The SMILES string of the molecule is C=C[C@@H]1[C@@H](c2ccc3c(c2)CCO3)CN(CC(=O)N(CCCC)C2(C)C=CC=NC2)[C@H]1CCN(C)C(C)O. The number of fused-ring (bicyclic) bond motifs is 1. The predicted octanol–water partition coefficient (Wildman–Crippen LogP) is 3.88. The molecule has 3 aliphatic heterocycles. The van der Waals surface area contributed by atoms with Gasteiger partial charge in [0.25, 0.3) is 0 Å². The Hall–Kier alpha value is -2.48. The zero-order valence-corrected chi connectivity index (χ0v) is 23.7. The molecule has 0 aromatic heterocycles. The van der Waals surface area contributed by atoms with E-state index in [0.29, 0.717) is 13.1 Å². The van der Waals surface area contributed by atoms with Crippen molar-refractivity contribution in [2.24, 2.45) is 10.9 Å². The van der Waals surface area contributed by atoms with Crippen LogP contribution in [0.1, 0.15) is 57.1 Å². The Balaban J connectivity index is 1.59. The summed E-state index contributed by atoms with van der Waals surface area (Å²) in [5.74, 6) is 1.62. The zero-order chi connectivity index (χ0) is 27.3. The number of hydrogen-bond donors (Lipinski definition) is 1. The molecule has 1 aromatic rings. The summed E-state index contributed by atoms with van der Waals surface area (Å²) in [6, 6.07) is 6.75. The van der Waals surface area contributed by atoms with E-state index in [0.717, 1.165) is 57.7 Å². The second-order valence-corrected chi connectivity index (χ2v) is 11.4. The number of amides is 1. The Labute approximate surface area is 228 Å². The van der Waals surface area contributed by atoms with E-state index in [9.17, 15) is 9.90 Å². The van der Waals surface area contributed by atoms with Crippen molar-refractivity contribution in [2.75, 3.05) is 46.4 Å². The van der Waals surface area contributed by atoms with Gasteiger partial charge < -0.3 is 14.7 Å². The monoisotopic (exact) mass is 522 g/mol. The normalized spacial score (nSPS) is 27.4. The highest BCUT2D eigenvalue weighted by Gasteiger charge is 2.43. The van der Waals surface area contributed by atoms with Gasteiger partial charge in [0.1, 0.15) is 12.0 Å². The number of rotatable bonds is 12. The molecule has 3 heterocycles. The Morgan fingerprint density at radius 2 is 2.21 bits per heavy atom. The molecular formula is C31H46N4O3. The van der Waals surface area contributed by atoms with Crippen molar-refractivity contribution >= 4 is 12.1 Å². The maximum atomic E-state index is 14.0. The average molecular weight is 523 g/mol. The first-order valence-corrected chi connectivity index (χ1v) is 14.3. The van der Waals surface area contributed by atoms with Crippen molar-refractivity contribution in [3.8, 4) is 5.75 Å². The summed E-state index contributed by atoms with van der Waals surface area (Å²) in [7, 11) is 1.94. The molecule has 1 N–H and O–H groups in total. The van der Waals surface area contributed by atoms with Crippen LogP contribution in [0.2, 0.25) is 0 Å². The summed E-state index contributed by atoms with van der Waals surface area (Å²) >= 11 is 0. The second-order valence-electron chi connectivity index (χ2n) is 11.4. The molecule has 7 nitrogen and oxygen atoms in total. The highest BCUT2D eigenvalue weighted by atomic mass is 16.5. The van der Waals surface area contributed by atoms with Gasteiger partial charge >= 0.3 is 0 Å². The molecule has 5 atom stereocenters. The number of aliphatic hydroxyl groups is 1. The van der Waals surface area contributed by atoms with E-state index < -0.39 is 11.8 Å². The molecule has 1 aromatic carbocycles. The van der Waals surface area contributed by atoms with Crippen LogP contribution < -0.4 is 4.74 Å². The van der Waals surface area contributed by atoms with Gasteiger partial charge in [0.05, 0.1) is 25.2 Å². The van der Waals surface area contributed by atoms with Crippen LogP contribution in [0.5, 0.6) is 5.75 Å². The second kappa shape index (κ2) is 12.6. The van der Waals surface area contributed by atoms with Crippen LogP contribution in [0.3, 0.4) is 0 Å². The van der Waals surface area contributed by atoms with Gasteiger partial charge in [-0.15, -0.1) is 6.58 Å². The highest BCUT2D eigenvalue weighted by Crippen LogP contribution is 2.41. The summed E-state index contributed by atoms with van der Waals surface area (Å²) in [5.41, 5.74) is 2.16. The van der Waals surface area contributed by atoms with Gasteiger partial charge in [0.2, 0.25) is 5.91 Å². The van der Waals surface area contributed by atoms with Gasteiger partial charge in [-0.3, -0.25) is 19.6 Å². The Morgan fingerprint density at radius 3 is 2.89 bits per heavy atom. The molecule has 1 fully saturated rings. The lowest BCUT2D eigenvalue weighted by atomic mass is 9.83. The first-order valence-electron chi connectivity index (χ1n) is 14.3. The number of likely N-dealkylation sites (tertiary alicyclic amines) is 1. The number of benzene rings is 1. The number of carbonyl (C=O) groups is 1. The van der Waals surface area contributed by atoms with Crippen LogP contribution >= 0.6 is 0 Å². The van der Waals surface area contributed by atoms with E-state index in [-0.39, 0.29) is 23.8 Å². The molecule has 0 spiro atoms. The molecule has 3 aliphatic rings. The minimum absolute atomic E-state index is 0.155. The Bertz CT molecular complexity index is 1040. The van der Waals surface area contributed by atoms with Crippen LogP contribution in [0.4, 0.5) is 0 Å². The van der Waals surface area contributed by atoms with E-state index in [1.54, 1.807) is 6.92 Å². The van der Waals surface area contributed by atoms with Crippen molar-refractivity contribution < 1.29 is 14.6 Å². The van der Waals surface area contributed by atoms with Crippen molar-refractivity contribution in [2.45, 2.75) is 70.2 Å². The van der Waals surface area contributed by atoms with Crippen LogP contribution in [0, 0.1) is 5.92 Å². The van der Waals surface area contributed by atoms with Gasteiger partial charge in [-0.2, -0.15) is 0 Å². The van der Waals surface area contributed by atoms with Crippen LogP contribution in [0.15, 0.2) is 48.0 Å². The van der Waals surface area contributed by atoms with Gasteiger partial charge in [-0.25, -0.2) is 0 Å². The molecule has 208 valence electrons. The average Bonchev–Trinajstić information content (AvgIpc) is 3.51. The van der Waals surface area contributed by atoms with E-state index >= 15 is 0 Å². The van der Waals surface area contributed by atoms with E-state index in [2.05, 4.69) is 60.7 Å². The highest BCUT2D eigenvalue weighted by molar-refractivity contribution is 5.81.